The molecule has 1 aromatic heterocycles. The van der Waals surface area contributed by atoms with Gasteiger partial charge in [-0.15, -0.1) is 0 Å². The van der Waals surface area contributed by atoms with Gasteiger partial charge < -0.3 is 20.1 Å². The topological polar surface area (TPSA) is 68.4 Å². The van der Waals surface area contributed by atoms with E-state index in [1.165, 1.54) is 22.1 Å². The van der Waals surface area contributed by atoms with E-state index >= 15 is 0 Å². The van der Waals surface area contributed by atoms with E-state index in [1.54, 1.807) is 7.05 Å². The predicted molar refractivity (Wildman–Crippen MR) is 145 cm³/mol. The van der Waals surface area contributed by atoms with Gasteiger partial charge in [0.15, 0.2) is 0 Å². The number of hydrogen-bond acceptors (Lipinski definition) is 3. The van der Waals surface area contributed by atoms with E-state index in [4.69, 9.17) is 4.79 Å². The average Bonchev–Trinajstić information content (AvgIpc) is 3.26. The van der Waals surface area contributed by atoms with Crippen molar-refractivity contribution in [2.75, 3.05) is 39.6 Å². The molecule has 2 amide bonds. The summed E-state index contributed by atoms with van der Waals surface area (Å²) in [4.78, 5) is 29.1. The summed E-state index contributed by atoms with van der Waals surface area (Å²) in [6.07, 6.45) is 6.11. The summed E-state index contributed by atoms with van der Waals surface area (Å²) in [5.74, 6) is 0.227. The van der Waals surface area contributed by atoms with Crippen LogP contribution >= 0.6 is 0 Å². The number of hydrogen-bond donors (Lipinski definition) is 2. The minimum absolute atomic E-state index is 0.227. The van der Waals surface area contributed by atoms with Crippen LogP contribution < -0.4 is 10.2 Å². The van der Waals surface area contributed by atoms with Crippen LogP contribution in [0.4, 0.5) is 5.69 Å². The lowest BCUT2D eigenvalue weighted by atomic mass is 9.99. The van der Waals surface area contributed by atoms with Crippen molar-refractivity contribution in [2.45, 2.75) is 46.5 Å². The highest BCUT2D eigenvalue weighted by atomic mass is 16.2. The van der Waals surface area contributed by atoms with E-state index in [9.17, 15) is 4.79 Å². The Labute approximate surface area is 205 Å². The van der Waals surface area contributed by atoms with Crippen molar-refractivity contribution in [1.29, 1.82) is 0 Å². The van der Waals surface area contributed by atoms with Crippen LogP contribution in [-0.2, 0) is 22.4 Å². The van der Waals surface area contributed by atoms with Crippen molar-refractivity contribution in [3.05, 3.63) is 65.4 Å². The first kappa shape index (κ1) is 28.9. The quantitative estimate of drug-likeness (QED) is 0.534. The Hall–Kier alpha value is -3.12. The second-order valence-corrected chi connectivity index (χ2v) is 8.39. The molecule has 6 nitrogen and oxygen atoms in total. The summed E-state index contributed by atoms with van der Waals surface area (Å²) in [5, 5.41) is 3.47. The van der Waals surface area contributed by atoms with E-state index in [0.29, 0.717) is 12.8 Å². The number of nitrogens with zero attached hydrogens (tertiary/aromatic N) is 2. The van der Waals surface area contributed by atoms with Crippen LogP contribution in [0.5, 0.6) is 0 Å². The van der Waals surface area contributed by atoms with Gasteiger partial charge in [0.1, 0.15) is 0 Å². The van der Waals surface area contributed by atoms with Gasteiger partial charge >= 0.3 is 0 Å². The number of carbonyl (C=O) groups is 2. The maximum atomic E-state index is 12.8. The standard InChI is InChI=1S/C21H22N2O.C3H9N.C2H5NO.C2H6/c1-15-8-10-20-16(13-15)5-4-12-23(20)21(24)11-9-17-14-22-19-7-3-2-6-18(17)19;1-4(2)3;1-3-2-4;1-2/h2-3,6-8,10,13-14,22H,4-5,9,11-12H2,1H3;1-3H3;2H,1H3,(H,3,4);1-2H3. The van der Waals surface area contributed by atoms with E-state index in [-0.39, 0.29) is 5.91 Å². The summed E-state index contributed by atoms with van der Waals surface area (Å²) < 4.78 is 0. The fourth-order valence-electron chi connectivity index (χ4n) is 3.70. The van der Waals surface area contributed by atoms with E-state index in [2.05, 4.69) is 47.6 Å². The number of aromatic amines is 1. The summed E-state index contributed by atoms with van der Waals surface area (Å²) >= 11 is 0. The number of benzene rings is 2. The van der Waals surface area contributed by atoms with Gasteiger partial charge in [-0.2, -0.15) is 0 Å². The van der Waals surface area contributed by atoms with Crippen LogP contribution in [0.2, 0.25) is 0 Å². The molecule has 0 unspecified atom stereocenters. The van der Waals surface area contributed by atoms with Crippen LogP contribution in [0.1, 0.15) is 43.4 Å². The molecule has 3 aromatic rings. The van der Waals surface area contributed by atoms with Crippen LogP contribution in [0, 0.1) is 6.92 Å². The van der Waals surface area contributed by atoms with Crippen molar-refractivity contribution in [3.8, 4) is 0 Å². The number of nitrogens with one attached hydrogen (secondary N) is 2. The lowest BCUT2D eigenvalue weighted by molar-refractivity contribution is -0.118. The largest absolute Gasteiger partial charge is 0.362 e. The van der Waals surface area contributed by atoms with Gasteiger partial charge in [-0.3, -0.25) is 9.59 Å². The first-order valence-corrected chi connectivity index (χ1v) is 12.0. The van der Waals surface area contributed by atoms with Crippen LogP contribution in [0.3, 0.4) is 0 Å². The third-order valence-corrected chi connectivity index (χ3v) is 5.06. The van der Waals surface area contributed by atoms with Crippen molar-refractivity contribution < 1.29 is 9.59 Å². The molecule has 0 atom stereocenters. The third-order valence-electron chi connectivity index (χ3n) is 5.06. The van der Waals surface area contributed by atoms with Crippen LogP contribution in [0.15, 0.2) is 48.7 Å². The van der Waals surface area contributed by atoms with Crippen molar-refractivity contribution in [3.63, 3.8) is 0 Å². The van der Waals surface area contributed by atoms with Gasteiger partial charge in [0.05, 0.1) is 0 Å². The second kappa shape index (κ2) is 15.7. The minimum Gasteiger partial charge on any atom is -0.362 e. The molecule has 0 saturated carbocycles. The Bertz CT molecular complexity index is 1010. The van der Waals surface area contributed by atoms with Gasteiger partial charge in [0.25, 0.3) is 0 Å². The highest BCUT2D eigenvalue weighted by Gasteiger charge is 2.22. The number of amides is 2. The molecular formula is C28H42N4O2. The summed E-state index contributed by atoms with van der Waals surface area (Å²) in [5.41, 5.74) is 6.04. The Morgan fingerprint density at radius 1 is 1.15 bits per heavy atom. The highest BCUT2D eigenvalue weighted by molar-refractivity contribution is 5.95. The molecule has 1 aliphatic rings. The Morgan fingerprint density at radius 2 is 1.79 bits per heavy atom. The van der Waals surface area contributed by atoms with E-state index in [1.807, 2.05) is 63.1 Å². The molecule has 2 heterocycles. The number of carbonyl (C=O) groups excluding carboxylic acids is 2. The first-order chi connectivity index (χ1) is 16.4. The predicted octanol–water partition coefficient (Wildman–Crippen LogP) is 4.95. The number of fused-ring (bicyclic) bond motifs is 2. The normalized spacial score (nSPS) is 11.7. The SMILES string of the molecule is CC.CN(C)C.CNC=O.Cc1ccc2c(c1)CCCN2C(=O)CCc1c[nH]c2ccccc12. The molecule has 1 aliphatic heterocycles. The maximum absolute atomic E-state index is 12.8. The lowest BCUT2D eigenvalue weighted by Crippen LogP contribution is -2.35. The fraction of sp³-hybridized carbons (Fsp3) is 0.429. The maximum Gasteiger partial charge on any atom is 0.227 e. The number of anilines is 1. The number of aromatic nitrogens is 1. The summed E-state index contributed by atoms with van der Waals surface area (Å²) in [6, 6.07) is 14.7. The van der Waals surface area contributed by atoms with Gasteiger partial charge in [-0.25, -0.2) is 0 Å². The second-order valence-electron chi connectivity index (χ2n) is 8.39. The zero-order valence-electron chi connectivity index (χ0n) is 21.9. The fourth-order valence-corrected chi connectivity index (χ4v) is 3.70. The molecule has 2 aromatic carbocycles. The summed E-state index contributed by atoms with van der Waals surface area (Å²) in [7, 11) is 7.56. The molecule has 0 saturated heterocycles. The van der Waals surface area contributed by atoms with Crippen molar-refractivity contribution >= 4 is 28.9 Å². The van der Waals surface area contributed by atoms with Crippen LogP contribution in [-0.4, -0.2) is 56.9 Å². The molecule has 2 N–H and O–H groups in total. The average molecular weight is 467 g/mol. The van der Waals surface area contributed by atoms with Gasteiger partial charge in [0, 0.05) is 42.8 Å². The molecule has 0 fully saturated rings. The molecule has 34 heavy (non-hydrogen) atoms. The van der Waals surface area contributed by atoms with Gasteiger partial charge in [0.2, 0.25) is 12.3 Å². The summed E-state index contributed by atoms with van der Waals surface area (Å²) in [6.45, 7) is 6.95. The van der Waals surface area contributed by atoms with E-state index in [0.717, 1.165) is 37.0 Å². The zero-order valence-corrected chi connectivity index (χ0v) is 21.9. The third kappa shape index (κ3) is 9.02. The smallest absolute Gasteiger partial charge is 0.227 e. The lowest BCUT2D eigenvalue weighted by Gasteiger charge is -2.30. The molecule has 0 spiro atoms. The van der Waals surface area contributed by atoms with Crippen LogP contribution in [0.25, 0.3) is 10.9 Å². The number of H-pyrrole nitrogens is 1. The molecule has 4 rings (SSSR count). The molecule has 0 aliphatic carbocycles. The van der Waals surface area contributed by atoms with Gasteiger partial charge in [-0.05, 0) is 70.6 Å². The number of para-hydroxylation sites is 1. The minimum atomic E-state index is 0.227. The molecule has 0 bridgehead atoms. The van der Waals surface area contributed by atoms with Crippen molar-refractivity contribution in [1.82, 2.24) is 15.2 Å². The first-order valence-electron chi connectivity index (χ1n) is 12.0. The number of aryl methyl sites for hydroxylation is 3. The highest BCUT2D eigenvalue weighted by Crippen LogP contribution is 2.29. The van der Waals surface area contributed by atoms with Crippen molar-refractivity contribution in [2.24, 2.45) is 0 Å². The Balaban J connectivity index is 0.000000498. The molecule has 6 heteroatoms. The van der Waals surface area contributed by atoms with E-state index < -0.39 is 0 Å². The Kier molecular flexibility index (Phi) is 13.3. The monoisotopic (exact) mass is 466 g/mol. The number of rotatable bonds is 4. The Morgan fingerprint density at radius 3 is 2.44 bits per heavy atom. The molecular weight excluding hydrogens is 424 g/mol. The molecule has 0 radical (unpaired) electrons. The zero-order chi connectivity index (χ0) is 25.5. The van der Waals surface area contributed by atoms with Gasteiger partial charge in [-0.1, -0.05) is 49.7 Å². The molecule has 186 valence electrons.